The zero-order valence-corrected chi connectivity index (χ0v) is 17.2. The van der Waals surface area contributed by atoms with Gasteiger partial charge in [-0.05, 0) is 39.5 Å². The van der Waals surface area contributed by atoms with Crippen LogP contribution in [-0.4, -0.2) is 0 Å². The van der Waals surface area contributed by atoms with E-state index in [4.69, 9.17) is 17.0 Å². The van der Waals surface area contributed by atoms with Crippen LogP contribution in [0.1, 0.15) is 58.2 Å². The molecule has 1 aliphatic rings. The Labute approximate surface area is 142 Å². The molecule has 0 nitrogen and oxygen atoms in total. The molecule has 0 spiro atoms. The topological polar surface area (TPSA) is 0 Å². The first-order valence-corrected chi connectivity index (χ1v) is 13.2. The molecule has 1 aliphatic carbocycles. The van der Waals surface area contributed by atoms with E-state index >= 15 is 0 Å². The van der Waals surface area contributed by atoms with Crippen LogP contribution in [0.2, 0.25) is 0 Å². The molecule has 2 rings (SSSR count). The Morgan fingerprint density at radius 1 is 0.950 bits per heavy atom. The summed E-state index contributed by atoms with van der Waals surface area (Å²) in [5, 5.41) is 0. The van der Waals surface area contributed by atoms with Gasteiger partial charge in [-0.25, -0.2) is 0 Å². The fraction of sp³-hybridized carbons (Fsp3) is 0.529. The second kappa shape index (κ2) is 7.12. The Balaban J connectivity index is 0.000000612. The van der Waals surface area contributed by atoms with Crippen molar-refractivity contribution in [1.29, 1.82) is 0 Å². The van der Waals surface area contributed by atoms with E-state index in [9.17, 15) is 0 Å². The molecule has 0 aromatic heterocycles. The summed E-state index contributed by atoms with van der Waals surface area (Å²) in [4.78, 5) is 0. The summed E-state index contributed by atoms with van der Waals surface area (Å²) in [6.07, 6.45) is 3.50. The number of hydrogen-bond acceptors (Lipinski definition) is 0. The van der Waals surface area contributed by atoms with Crippen LogP contribution in [0, 0.1) is 5.41 Å². The summed E-state index contributed by atoms with van der Waals surface area (Å²) in [5.41, 5.74) is 6.40. The average Bonchev–Trinajstić information content (AvgIpc) is 2.70. The molecule has 0 fully saturated rings. The predicted molar refractivity (Wildman–Crippen MR) is 88.0 cm³/mol. The van der Waals surface area contributed by atoms with Crippen molar-refractivity contribution >= 4 is 22.6 Å². The molecule has 0 N–H and O–H groups in total. The fourth-order valence-corrected chi connectivity index (χ4v) is 2.50. The molecule has 3 heteroatoms. The molecule has 110 valence electrons. The molecule has 0 bridgehead atoms. The van der Waals surface area contributed by atoms with Crippen LogP contribution in [0.4, 0.5) is 0 Å². The number of hydrogen-bond donors (Lipinski definition) is 0. The van der Waals surface area contributed by atoms with Crippen molar-refractivity contribution in [2.75, 3.05) is 0 Å². The molecule has 0 heterocycles. The van der Waals surface area contributed by atoms with Gasteiger partial charge in [-0.1, -0.05) is 65.8 Å². The van der Waals surface area contributed by atoms with Crippen LogP contribution in [0.15, 0.2) is 24.3 Å². The van der Waals surface area contributed by atoms with E-state index in [1.807, 2.05) is 0 Å². The first-order valence-electron chi connectivity index (χ1n) is 6.92. The number of benzene rings is 1. The van der Waals surface area contributed by atoms with Gasteiger partial charge in [0.1, 0.15) is 0 Å². The average molecular weight is 391 g/mol. The van der Waals surface area contributed by atoms with Crippen molar-refractivity contribution in [3.8, 4) is 0 Å². The van der Waals surface area contributed by atoms with Crippen molar-refractivity contribution in [2.24, 2.45) is 5.41 Å². The summed E-state index contributed by atoms with van der Waals surface area (Å²) in [5.74, 6) is 0. The van der Waals surface area contributed by atoms with Gasteiger partial charge in [-0.3, -0.25) is 0 Å². The van der Waals surface area contributed by atoms with Crippen molar-refractivity contribution < 1.29 is 20.8 Å². The number of rotatable bonds is 0. The summed E-state index contributed by atoms with van der Waals surface area (Å²) >= 11 is -0.826. The maximum absolute atomic E-state index is 4.93. The van der Waals surface area contributed by atoms with Gasteiger partial charge in [0.05, 0.1) is 0 Å². The Hall–Kier alpha value is 0.423. The van der Waals surface area contributed by atoms with E-state index in [1.165, 1.54) is 22.3 Å². The standard InChI is InChI=1S/C17H24.2ClH.Zr/c1-16(2,3)13-9-7-12-8-10-15(14(12)11-13)17(4,5)6;;;/h7,9-11H,8H2,1-6H3;2*1H;/q;;;+2/p-2. The predicted octanol–water partition coefficient (Wildman–Crippen LogP) is 6.35. The van der Waals surface area contributed by atoms with E-state index in [2.05, 4.69) is 65.8 Å². The second-order valence-electron chi connectivity index (χ2n) is 7.27. The van der Waals surface area contributed by atoms with Gasteiger partial charge in [-0.2, -0.15) is 0 Å². The van der Waals surface area contributed by atoms with Gasteiger partial charge in [0, 0.05) is 0 Å². The summed E-state index contributed by atoms with van der Waals surface area (Å²) in [6, 6.07) is 7.00. The minimum atomic E-state index is -0.826. The van der Waals surface area contributed by atoms with Crippen LogP contribution in [-0.2, 0) is 32.7 Å². The molecule has 0 unspecified atom stereocenters. The first kappa shape index (κ1) is 18.5. The molecule has 0 atom stereocenters. The van der Waals surface area contributed by atoms with Crippen LogP contribution in [0.5, 0.6) is 0 Å². The zero-order chi connectivity index (χ0) is 15.6. The van der Waals surface area contributed by atoms with Crippen LogP contribution in [0.25, 0.3) is 5.57 Å². The summed E-state index contributed by atoms with van der Waals surface area (Å²) < 4.78 is 0. The molecule has 0 radical (unpaired) electrons. The Morgan fingerprint density at radius 2 is 1.50 bits per heavy atom. The Morgan fingerprint density at radius 3 is 1.95 bits per heavy atom. The van der Waals surface area contributed by atoms with Crippen LogP contribution in [0.3, 0.4) is 0 Å². The number of fused-ring (bicyclic) bond motifs is 1. The normalized spacial score (nSPS) is 14.1. The monoisotopic (exact) mass is 388 g/mol. The zero-order valence-electron chi connectivity index (χ0n) is 13.3. The van der Waals surface area contributed by atoms with Crippen molar-refractivity contribution in [3.05, 3.63) is 41.0 Å². The van der Waals surface area contributed by atoms with E-state index in [0.29, 0.717) is 0 Å². The first-order chi connectivity index (χ1) is 9.11. The van der Waals surface area contributed by atoms with Gasteiger partial charge in [0.15, 0.2) is 0 Å². The molecule has 1 aromatic carbocycles. The molecule has 20 heavy (non-hydrogen) atoms. The quantitative estimate of drug-likeness (QED) is 0.484. The second-order valence-corrected chi connectivity index (χ2v) is 11.0. The third-order valence-corrected chi connectivity index (χ3v) is 3.60. The van der Waals surface area contributed by atoms with Gasteiger partial charge < -0.3 is 0 Å². The van der Waals surface area contributed by atoms with E-state index in [1.54, 1.807) is 0 Å². The van der Waals surface area contributed by atoms with E-state index < -0.39 is 20.8 Å². The fourth-order valence-electron chi connectivity index (χ4n) is 2.50. The summed E-state index contributed by atoms with van der Waals surface area (Å²) in [6.45, 7) is 13.8. The van der Waals surface area contributed by atoms with Crippen molar-refractivity contribution in [2.45, 2.75) is 53.4 Å². The number of halogens is 2. The third-order valence-electron chi connectivity index (χ3n) is 3.60. The molecule has 0 aliphatic heterocycles. The molecular formula is C17H24Cl2Zr. The Bertz CT molecular complexity index is 491. The Kier molecular flexibility index (Phi) is 6.58. The van der Waals surface area contributed by atoms with Crippen LogP contribution < -0.4 is 0 Å². The van der Waals surface area contributed by atoms with Crippen LogP contribution >= 0.6 is 17.0 Å². The maximum atomic E-state index is 4.93. The van der Waals surface area contributed by atoms with Crippen molar-refractivity contribution in [3.63, 3.8) is 0 Å². The van der Waals surface area contributed by atoms with E-state index in [-0.39, 0.29) is 10.8 Å². The summed E-state index contributed by atoms with van der Waals surface area (Å²) in [7, 11) is 9.87. The molecule has 0 saturated heterocycles. The molecule has 0 saturated carbocycles. The van der Waals surface area contributed by atoms with Crippen molar-refractivity contribution in [1.82, 2.24) is 0 Å². The minimum absolute atomic E-state index is 0.237. The number of allylic oxidation sites excluding steroid dienone is 2. The van der Waals surface area contributed by atoms with Gasteiger partial charge >= 0.3 is 37.9 Å². The SMILES string of the molecule is CC(C)(C)C1=CCc2ccc(C(C)(C)C)cc21.[Cl][Zr][Cl]. The van der Waals surface area contributed by atoms with Gasteiger partial charge in [-0.15, -0.1) is 0 Å². The molecule has 1 aromatic rings. The van der Waals surface area contributed by atoms with E-state index in [0.717, 1.165) is 6.42 Å². The molecular weight excluding hydrogens is 366 g/mol. The third kappa shape index (κ3) is 4.72. The van der Waals surface area contributed by atoms with Gasteiger partial charge in [0.2, 0.25) is 0 Å². The molecule has 0 amide bonds. The van der Waals surface area contributed by atoms with Gasteiger partial charge in [0.25, 0.3) is 0 Å².